The van der Waals surface area contributed by atoms with Crippen LogP contribution in [-0.2, 0) is 0 Å². The topological polar surface area (TPSA) is 69.0 Å². The standard InChI is InChI=1S/C18H18N4O2/c1-2-24-15-5-3-4-13(9-15)21-18(23)12-8-16-17(19-10-12)22(11-20-16)14-6-7-14/h3-5,8-11,14H,2,6-7H2,1H3,(H,21,23). The lowest BCUT2D eigenvalue weighted by molar-refractivity contribution is 0.102. The predicted octanol–water partition coefficient (Wildman–Crippen LogP) is 3.42. The lowest BCUT2D eigenvalue weighted by Gasteiger charge is -2.08. The quantitative estimate of drug-likeness (QED) is 0.781. The zero-order valence-electron chi connectivity index (χ0n) is 13.4. The number of amides is 1. The Kier molecular flexibility index (Phi) is 3.65. The van der Waals surface area contributed by atoms with E-state index in [0.29, 0.717) is 23.9 Å². The second-order valence-corrected chi connectivity index (χ2v) is 5.86. The van der Waals surface area contributed by atoms with Gasteiger partial charge in [-0.1, -0.05) is 6.07 Å². The molecule has 1 N–H and O–H groups in total. The number of carbonyl (C=O) groups excluding carboxylic acids is 1. The summed E-state index contributed by atoms with van der Waals surface area (Å²) in [6.07, 6.45) is 5.75. The summed E-state index contributed by atoms with van der Waals surface area (Å²) in [5.74, 6) is 0.520. The summed E-state index contributed by atoms with van der Waals surface area (Å²) in [7, 11) is 0. The molecule has 3 aromatic rings. The van der Waals surface area contributed by atoms with Crippen LogP contribution in [0.3, 0.4) is 0 Å². The van der Waals surface area contributed by atoms with Crippen molar-refractivity contribution < 1.29 is 9.53 Å². The molecule has 1 aromatic carbocycles. The Hall–Kier alpha value is -2.89. The fourth-order valence-electron chi connectivity index (χ4n) is 2.70. The van der Waals surface area contributed by atoms with Gasteiger partial charge in [-0.05, 0) is 38.0 Å². The summed E-state index contributed by atoms with van der Waals surface area (Å²) in [5, 5.41) is 2.87. The molecule has 1 fully saturated rings. The molecule has 6 heteroatoms. The third-order valence-electron chi connectivity index (χ3n) is 4.02. The summed E-state index contributed by atoms with van der Waals surface area (Å²) in [6, 6.07) is 9.63. The van der Waals surface area contributed by atoms with Crippen LogP contribution in [0, 0.1) is 0 Å². The molecule has 0 atom stereocenters. The van der Waals surface area contributed by atoms with Crippen molar-refractivity contribution in [2.75, 3.05) is 11.9 Å². The maximum absolute atomic E-state index is 12.5. The number of fused-ring (bicyclic) bond motifs is 1. The number of rotatable bonds is 5. The highest BCUT2D eigenvalue weighted by Gasteiger charge is 2.25. The average molecular weight is 322 g/mol. The SMILES string of the molecule is CCOc1cccc(NC(=O)c2cnc3c(c2)ncn3C2CC2)c1. The van der Waals surface area contributed by atoms with Gasteiger partial charge in [0, 0.05) is 24.0 Å². The second kappa shape index (κ2) is 5.96. The van der Waals surface area contributed by atoms with Crippen LogP contribution in [0.1, 0.15) is 36.2 Å². The van der Waals surface area contributed by atoms with Crippen LogP contribution in [0.5, 0.6) is 5.75 Å². The van der Waals surface area contributed by atoms with E-state index in [-0.39, 0.29) is 5.91 Å². The Morgan fingerprint density at radius 2 is 2.21 bits per heavy atom. The highest BCUT2D eigenvalue weighted by Crippen LogP contribution is 2.36. The average Bonchev–Trinajstić information content (AvgIpc) is 3.34. The van der Waals surface area contributed by atoms with Crippen LogP contribution >= 0.6 is 0 Å². The van der Waals surface area contributed by atoms with Crippen molar-refractivity contribution in [2.24, 2.45) is 0 Å². The number of ether oxygens (including phenoxy) is 1. The van der Waals surface area contributed by atoms with Crippen molar-refractivity contribution in [2.45, 2.75) is 25.8 Å². The molecule has 2 heterocycles. The van der Waals surface area contributed by atoms with E-state index in [4.69, 9.17) is 4.74 Å². The molecule has 0 aliphatic heterocycles. The van der Waals surface area contributed by atoms with E-state index < -0.39 is 0 Å². The Balaban J connectivity index is 1.55. The summed E-state index contributed by atoms with van der Waals surface area (Å²) in [4.78, 5) is 21.2. The molecule has 0 radical (unpaired) electrons. The normalized spacial score (nSPS) is 13.9. The lowest BCUT2D eigenvalue weighted by Crippen LogP contribution is -2.12. The summed E-state index contributed by atoms with van der Waals surface area (Å²) in [5.41, 5.74) is 2.77. The molecule has 2 aromatic heterocycles. The maximum atomic E-state index is 12.5. The molecule has 6 nitrogen and oxygen atoms in total. The molecular formula is C18H18N4O2. The Labute approximate surface area is 139 Å². The monoisotopic (exact) mass is 322 g/mol. The number of nitrogens with one attached hydrogen (secondary N) is 1. The Bertz CT molecular complexity index is 899. The van der Waals surface area contributed by atoms with E-state index in [1.165, 1.54) is 12.8 Å². The minimum absolute atomic E-state index is 0.209. The zero-order chi connectivity index (χ0) is 16.5. The molecular weight excluding hydrogens is 304 g/mol. The lowest BCUT2D eigenvalue weighted by atomic mass is 10.2. The number of imidazole rings is 1. The van der Waals surface area contributed by atoms with Gasteiger partial charge in [-0.15, -0.1) is 0 Å². The molecule has 1 saturated carbocycles. The number of hydrogen-bond acceptors (Lipinski definition) is 4. The number of aromatic nitrogens is 3. The molecule has 0 unspecified atom stereocenters. The summed E-state index contributed by atoms with van der Waals surface area (Å²) >= 11 is 0. The van der Waals surface area contributed by atoms with Crippen LogP contribution in [0.15, 0.2) is 42.9 Å². The first-order chi connectivity index (χ1) is 11.7. The van der Waals surface area contributed by atoms with E-state index in [9.17, 15) is 4.79 Å². The third kappa shape index (κ3) is 2.82. The smallest absolute Gasteiger partial charge is 0.257 e. The molecule has 4 rings (SSSR count). The fourth-order valence-corrected chi connectivity index (χ4v) is 2.70. The number of benzene rings is 1. The highest BCUT2D eigenvalue weighted by atomic mass is 16.5. The van der Waals surface area contributed by atoms with E-state index in [1.807, 2.05) is 31.5 Å². The number of pyridine rings is 1. The van der Waals surface area contributed by atoms with Gasteiger partial charge in [0.25, 0.3) is 5.91 Å². The molecule has 122 valence electrons. The van der Waals surface area contributed by atoms with E-state index in [1.54, 1.807) is 18.3 Å². The molecule has 1 amide bonds. The Morgan fingerprint density at radius 3 is 3.00 bits per heavy atom. The van der Waals surface area contributed by atoms with Crippen molar-refractivity contribution in [3.8, 4) is 5.75 Å². The number of anilines is 1. The van der Waals surface area contributed by atoms with E-state index >= 15 is 0 Å². The van der Waals surface area contributed by atoms with Crippen LogP contribution in [0.2, 0.25) is 0 Å². The van der Waals surface area contributed by atoms with Gasteiger partial charge in [0.1, 0.15) is 11.3 Å². The zero-order valence-corrected chi connectivity index (χ0v) is 13.4. The van der Waals surface area contributed by atoms with Crippen LogP contribution in [0.4, 0.5) is 5.69 Å². The second-order valence-electron chi connectivity index (χ2n) is 5.86. The molecule has 0 spiro atoms. The van der Waals surface area contributed by atoms with Gasteiger partial charge in [-0.3, -0.25) is 4.79 Å². The van der Waals surface area contributed by atoms with Gasteiger partial charge in [0.15, 0.2) is 5.65 Å². The summed E-state index contributed by atoms with van der Waals surface area (Å²) in [6.45, 7) is 2.51. The van der Waals surface area contributed by atoms with E-state index in [2.05, 4.69) is 19.9 Å². The predicted molar refractivity (Wildman–Crippen MR) is 91.4 cm³/mol. The number of carbonyl (C=O) groups is 1. The number of nitrogens with zero attached hydrogens (tertiary/aromatic N) is 3. The van der Waals surface area contributed by atoms with Crippen LogP contribution in [-0.4, -0.2) is 27.0 Å². The van der Waals surface area contributed by atoms with Crippen molar-refractivity contribution in [3.05, 3.63) is 48.4 Å². The minimum atomic E-state index is -0.209. The largest absolute Gasteiger partial charge is 0.494 e. The van der Waals surface area contributed by atoms with Gasteiger partial charge < -0.3 is 14.6 Å². The van der Waals surface area contributed by atoms with Crippen molar-refractivity contribution in [1.29, 1.82) is 0 Å². The van der Waals surface area contributed by atoms with Gasteiger partial charge in [-0.25, -0.2) is 9.97 Å². The first-order valence-electron chi connectivity index (χ1n) is 8.11. The highest BCUT2D eigenvalue weighted by molar-refractivity contribution is 6.05. The van der Waals surface area contributed by atoms with Crippen molar-refractivity contribution in [1.82, 2.24) is 14.5 Å². The van der Waals surface area contributed by atoms with Gasteiger partial charge >= 0.3 is 0 Å². The third-order valence-corrected chi connectivity index (χ3v) is 4.02. The minimum Gasteiger partial charge on any atom is -0.494 e. The first-order valence-corrected chi connectivity index (χ1v) is 8.11. The van der Waals surface area contributed by atoms with Crippen LogP contribution in [0.25, 0.3) is 11.2 Å². The first kappa shape index (κ1) is 14.7. The van der Waals surface area contributed by atoms with Crippen molar-refractivity contribution >= 4 is 22.8 Å². The van der Waals surface area contributed by atoms with Gasteiger partial charge in [0.05, 0.1) is 18.5 Å². The molecule has 0 bridgehead atoms. The molecule has 0 saturated heterocycles. The fraction of sp³-hybridized carbons (Fsp3) is 0.278. The van der Waals surface area contributed by atoms with Gasteiger partial charge in [0.2, 0.25) is 0 Å². The van der Waals surface area contributed by atoms with E-state index in [0.717, 1.165) is 16.9 Å². The summed E-state index contributed by atoms with van der Waals surface area (Å²) < 4.78 is 7.53. The Morgan fingerprint density at radius 1 is 1.33 bits per heavy atom. The maximum Gasteiger partial charge on any atom is 0.257 e. The molecule has 24 heavy (non-hydrogen) atoms. The molecule has 1 aliphatic carbocycles. The molecule has 1 aliphatic rings. The van der Waals surface area contributed by atoms with Gasteiger partial charge in [-0.2, -0.15) is 0 Å². The van der Waals surface area contributed by atoms with Crippen molar-refractivity contribution in [3.63, 3.8) is 0 Å². The number of hydrogen-bond donors (Lipinski definition) is 1. The van der Waals surface area contributed by atoms with Crippen LogP contribution < -0.4 is 10.1 Å².